The Morgan fingerprint density at radius 2 is 2.19 bits per heavy atom. The number of imidazole rings is 1. The fraction of sp³-hybridized carbons (Fsp3) is 0.0714. The second-order valence-electron chi connectivity index (χ2n) is 4.44. The Morgan fingerprint density at radius 1 is 1.24 bits per heavy atom. The van der Waals surface area contributed by atoms with E-state index in [4.69, 9.17) is 4.74 Å². The highest BCUT2D eigenvalue weighted by atomic mass is 32.1. The third kappa shape index (κ3) is 2.17. The maximum Gasteiger partial charge on any atom is 0.209 e. The molecule has 0 saturated heterocycles. The molecule has 0 bridgehead atoms. The number of anilines is 2. The molecule has 0 amide bonds. The highest BCUT2D eigenvalue weighted by Crippen LogP contribution is 2.30. The molecule has 4 aromatic rings. The van der Waals surface area contributed by atoms with Crippen LogP contribution in [0.5, 0.6) is 5.75 Å². The van der Waals surface area contributed by atoms with Crippen LogP contribution in [0.15, 0.2) is 36.5 Å². The lowest BCUT2D eigenvalue weighted by Crippen LogP contribution is -1.90. The maximum atomic E-state index is 5.22. The van der Waals surface area contributed by atoms with Gasteiger partial charge in [0.1, 0.15) is 5.75 Å². The topological polar surface area (TPSA) is 75.7 Å². The number of aromatic nitrogens is 4. The number of nitrogens with one attached hydrogen (secondary N) is 2. The number of methoxy groups -OCH3 is 1. The van der Waals surface area contributed by atoms with E-state index in [1.165, 1.54) is 0 Å². The average molecular weight is 297 g/mol. The molecule has 0 unspecified atom stereocenters. The Balaban J connectivity index is 1.69. The molecule has 0 radical (unpaired) electrons. The van der Waals surface area contributed by atoms with E-state index in [2.05, 4.69) is 25.3 Å². The predicted octanol–water partition coefficient (Wildman–Crippen LogP) is 3.32. The van der Waals surface area contributed by atoms with Crippen molar-refractivity contribution in [3.63, 3.8) is 0 Å². The first-order chi connectivity index (χ1) is 10.3. The van der Waals surface area contributed by atoms with Crippen LogP contribution in [0.4, 0.5) is 11.1 Å². The molecule has 0 aliphatic carbocycles. The smallest absolute Gasteiger partial charge is 0.209 e. The summed E-state index contributed by atoms with van der Waals surface area (Å²) in [6, 6.07) is 9.61. The van der Waals surface area contributed by atoms with E-state index >= 15 is 0 Å². The van der Waals surface area contributed by atoms with Gasteiger partial charge in [-0.25, -0.2) is 9.97 Å². The molecule has 0 saturated carbocycles. The van der Waals surface area contributed by atoms with Crippen LogP contribution in [0.1, 0.15) is 0 Å². The molecule has 0 aliphatic rings. The molecule has 3 aromatic heterocycles. The third-order valence-electron chi connectivity index (χ3n) is 3.08. The summed E-state index contributed by atoms with van der Waals surface area (Å²) in [5, 5.41) is 3.96. The van der Waals surface area contributed by atoms with E-state index in [9.17, 15) is 0 Å². The quantitative estimate of drug-likeness (QED) is 0.606. The molecule has 7 heteroatoms. The van der Waals surface area contributed by atoms with Gasteiger partial charge in [-0.15, -0.1) is 0 Å². The van der Waals surface area contributed by atoms with Gasteiger partial charge in [-0.05, 0) is 30.3 Å². The third-order valence-corrected chi connectivity index (χ3v) is 4.01. The Morgan fingerprint density at radius 3 is 3.05 bits per heavy atom. The minimum absolute atomic E-state index is 0.634. The van der Waals surface area contributed by atoms with E-state index in [0.717, 1.165) is 26.6 Å². The summed E-state index contributed by atoms with van der Waals surface area (Å²) in [6.07, 6.45) is 1.72. The van der Waals surface area contributed by atoms with Gasteiger partial charge in [-0.3, -0.25) is 0 Å². The monoisotopic (exact) mass is 297 g/mol. The molecule has 6 nitrogen and oxygen atoms in total. The van der Waals surface area contributed by atoms with Crippen molar-refractivity contribution in [2.45, 2.75) is 0 Å². The molecule has 0 fully saturated rings. The molecule has 0 aliphatic heterocycles. The van der Waals surface area contributed by atoms with Crippen molar-refractivity contribution in [2.24, 2.45) is 0 Å². The average Bonchev–Trinajstić information content (AvgIpc) is 3.08. The van der Waals surface area contributed by atoms with Crippen LogP contribution in [0.3, 0.4) is 0 Å². The van der Waals surface area contributed by atoms with Gasteiger partial charge in [-0.1, -0.05) is 11.3 Å². The lowest BCUT2D eigenvalue weighted by Gasteiger charge is -1.96. The normalized spacial score (nSPS) is 11.1. The lowest BCUT2D eigenvalue weighted by molar-refractivity contribution is 0.415. The summed E-state index contributed by atoms with van der Waals surface area (Å²) in [7, 11) is 1.66. The number of hydrogen-bond acceptors (Lipinski definition) is 6. The van der Waals surface area contributed by atoms with Crippen molar-refractivity contribution in [2.75, 3.05) is 12.4 Å². The van der Waals surface area contributed by atoms with Crippen molar-refractivity contribution in [3.8, 4) is 5.75 Å². The summed E-state index contributed by atoms with van der Waals surface area (Å²) < 4.78 is 6.28. The Bertz CT molecular complexity index is 896. The number of nitrogens with zero attached hydrogens (tertiary/aromatic N) is 3. The molecule has 104 valence electrons. The SMILES string of the molecule is COc1ccc2nc(Nc3nc4ncccc4[nH]3)sc2c1. The second kappa shape index (κ2) is 4.71. The Kier molecular flexibility index (Phi) is 2.71. The summed E-state index contributed by atoms with van der Waals surface area (Å²) >= 11 is 1.55. The van der Waals surface area contributed by atoms with E-state index < -0.39 is 0 Å². The number of thiazole rings is 1. The minimum Gasteiger partial charge on any atom is -0.497 e. The molecule has 21 heavy (non-hydrogen) atoms. The number of H-pyrrole nitrogens is 1. The van der Waals surface area contributed by atoms with Gasteiger partial charge in [-0.2, -0.15) is 4.98 Å². The number of rotatable bonds is 3. The molecule has 4 rings (SSSR count). The first kappa shape index (κ1) is 12.1. The van der Waals surface area contributed by atoms with Crippen LogP contribution in [-0.4, -0.2) is 27.0 Å². The second-order valence-corrected chi connectivity index (χ2v) is 5.47. The molecule has 1 aromatic carbocycles. The van der Waals surface area contributed by atoms with E-state index in [1.54, 1.807) is 24.6 Å². The van der Waals surface area contributed by atoms with Crippen LogP contribution >= 0.6 is 11.3 Å². The summed E-state index contributed by atoms with van der Waals surface area (Å²) in [5.41, 5.74) is 2.50. The van der Waals surface area contributed by atoms with E-state index in [1.807, 2.05) is 30.3 Å². The predicted molar refractivity (Wildman–Crippen MR) is 83.3 cm³/mol. The molecular formula is C14H11N5OS. The van der Waals surface area contributed by atoms with Crippen LogP contribution < -0.4 is 10.1 Å². The first-order valence-electron chi connectivity index (χ1n) is 6.34. The largest absolute Gasteiger partial charge is 0.497 e. The Hall–Kier alpha value is -2.67. The number of benzene rings is 1. The van der Waals surface area contributed by atoms with Crippen molar-refractivity contribution < 1.29 is 4.74 Å². The highest BCUT2D eigenvalue weighted by molar-refractivity contribution is 7.22. The van der Waals surface area contributed by atoms with Crippen LogP contribution in [0.2, 0.25) is 0 Å². The molecule has 2 N–H and O–H groups in total. The minimum atomic E-state index is 0.634. The summed E-state index contributed by atoms with van der Waals surface area (Å²) in [5.74, 6) is 1.46. The molecule has 0 atom stereocenters. The number of aromatic amines is 1. The van der Waals surface area contributed by atoms with E-state index in [0.29, 0.717) is 11.6 Å². The number of pyridine rings is 1. The summed E-state index contributed by atoms with van der Waals surface area (Å²) in [6.45, 7) is 0. The van der Waals surface area contributed by atoms with Crippen LogP contribution in [0, 0.1) is 0 Å². The van der Waals surface area contributed by atoms with Crippen LogP contribution in [-0.2, 0) is 0 Å². The van der Waals surface area contributed by atoms with E-state index in [-0.39, 0.29) is 0 Å². The Labute approximate surface area is 123 Å². The standard InChI is InChI=1S/C14H11N5OS/c1-20-8-4-5-9-11(7-8)21-14(17-9)19-13-16-10-3-2-6-15-12(10)18-13/h2-7H,1H3,(H2,15,16,17,18,19). The molecule has 3 heterocycles. The van der Waals surface area contributed by atoms with Gasteiger partial charge in [0.05, 0.1) is 22.8 Å². The van der Waals surface area contributed by atoms with Crippen molar-refractivity contribution in [1.82, 2.24) is 19.9 Å². The number of hydrogen-bond donors (Lipinski definition) is 2. The number of fused-ring (bicyclic) bond motifs is 2. The first-order valence-corrected chi connectivity index (χ1v) is 7.16. The van der Waals surface area contributed by atoms with Crippen molar-refractivity contribution >= 4 is 43.8 Å². The van der Waals surface area contributed by atoms with Gasteiger partial charge in [0, 0.05) is 6.20 Å². The van der Waals surface area contributed by atoms with Crippen molar-refractivity contribution in [1.29, 1.82) is 0 Å². The fourth-order valence-electron chi connectivity index (χ4n) is 2.09. The van der Waals surface area contributed by atoms with Gasteiger partial charge in [0.25, 0.3) is 0 Å². The molecular weight excluding hydrogens is 286 g/mol. The lowest BCUT2D eigenvalue weighted by atomic mass is 10.3. The van der Waals surface area contributed by atoms with Crippen LogP contribution in [0.25, 0.3) is 21.4 Å². The molecule has 0 spiro atoms. The zero-order valence-corrected chi connectivity index (χ0v) is 11.9. The van der Waals surface area contributed by atoms with Gasteiger partial charge in [0.2, 0.25) is 5.95 Å². The van der Waals surface area contributed by atoms with Gasteiger partial charge >= 0.3 is 0 Å². The van der Waals surface area contributed by atoms with Crippen molar-refractivity contribution in [3.05, 3.63) is 36.5 Å². The zero-order valence-electron chi connectivity index (χ0n) is 11.1. The van der Waals surface area contributed by atoms with Gasteiger partial charge < -0.3 is 15.0 Å². The summed E-state index contributed by atoms with van der Waals surface area (Å²) in [4.78, 5) is 16.3. The number of ether oxygens (including phenoxy) is 1. The zero-order chi connectivity index (χ0) is 14.2. The van der Waals surface area contributed by atoms with Gasteiger partial charge in [0.15, 0.2) is 10.8 Å². The highest BCUT2D eigenvalue weighted by Gasteiger charge is 2.08. The maximum absolute atomic E-state index is 5.22. The fourth-order valence-corrected chi connectivity index (χ4v) is 2.98.